The molecule has 0 aliphatic carbocycles. The first-order chi connectivity index (χ1) is 9.83. The van der Waals surface area contributed by atoms with Crippen LogP contribution in [0.1, 0.15) is 0 Å². The standard InChI is InChI=1S/C15H11N3O2/c19-15(20-13-4-2-1-3-5-13)18-10-14(17-11-18)12-6-8-16-9-7-12/h1-11H. The summed E-state index contributed by atoms with van der Waals surface area (Å²) in [7, 11) is 0. The minimum Gasteiger partial charge on any atom is -0.410 e. The van der Waals surface area contributed by atoms with E-state index in [9.17, 15) is 4.79 Å². The van der Waals surface area contributed by atoms with Gasteiger partial charge in [0.1, 0.15) is 12.1 Å². The van der Waals surface area contributed by atoms with Gasteiger partial charge in [-0.2, -0.15) is 0 Å². The van der Waals surface area contributed by atoms with Gasteiger partial charge in [-0.3, -0.25) is 4.98 Å². The largest absolute Gasteiger partial charge is 0.424 e. The Labute approximate surface area is 115 Å². The van der Waals surface area contributed by atoms with E-state index >= 15 is 0 Å². The number of carbonyl (C=O) groups is 1. The molecule has 0 aliphatic rings. The molecule has 0 aliphatic heterocycles. The van der Waals surface area contributed by atoms with Gasteiger partial charge in [0.05, 0.1) is 5.69 Å². The van der Waals surface area contributed by atoms with Crippen molar-refractivity contribution in [2.75, 3.05) is 0 Å². The molecule has 3 rings (SSSR count). The maximum atomic E-state index is 11.9. The molecule has 0 N–H and O–H groups in total. The highest BCUT2D eigenvalue weighted by molar-refractivity contribution is 5.74. The summed E-state index contributed by atoms with van der Waals surface area (Å²) in [6.07, 6.45) is 5.92. The van der Waals surface area contributed by atoms with Crippen LogP contribution in [0.15, 0.2) is 67.4 Å². The van der Waals surface area contributed by atoms with E-state index in [0.29, 0.717) is 11.4 Å². The van der Waals surface area contributed by atoms with E-state index in [2.05, 4.69) is 9.97 Å². The van der Waals surface area contributed by atoms with E-state index in [0.717, 1.165) is 5.56 Å². The lowest BCUT2D eigenvalue weighted by Gasteiger charge is -2.03. The first kappa shape index (κ1) is 12.1. The topological polar surface area (TPSA) is 57.0 Å². The maximum absolute atomic E-state index is 11.9. The molecule has 0 amide bonds. The number of carbonyl (C=O) groups excluding carboxylic acids is 1. The van der Waals surface area contributed by atoms with Crippen LogP contribution in [0.3, 0.4) is 0 Å². The van der Waals surface area contributed by atoms with E-state index in [1.54, 1.807) is 42.9 Å². The van der Waals surface area contributed by atoms with E-state index < -0.39 is 6.09 Å². The first-order valence-corrected chi connectivity index (χ1v) is 6.04. The highest BCUT2D eigenvalue weighted by Crippen LogP contribution is 2.16. The number of para-hydroxylation sites is 1. The molecule has 1 aromatic carbocycles. The van der Waals surface area contributed by atoms with Gasteiger partial charge in [-0.15, -0.1) is 0 Å². The molecule has 2 heterocycles. The molecule has 3 aromatic rings. The fourth-order valence-electron chi connectivity index (χ4n) is 1.74. The number of nitrogens with zero attached hydrogens (tertiary/aromatic N) is 3. The van der Waals surface area contributed by atoms with Crippen molar-refractivity contribution in [1.82, 2.24) is 14.5 Å². The lowest BCUT2D eigenvalue weighted by Crippen LogP contribution is -2.14. The van der Waals surface area contributed by atoms with Crippen molar-refractivity contribution in [1.29, 1.82) is 0 Å². The molecule has 5 heteroatoms. The van der Waals surface area contributed by atoms with E-state index in [-0.39, 0.29) is 0 Å². The van der Waals surface area contributed by atoms with Crippen molar-refractivity contribution in [2.24, 2.45) is 0 Å². The van der Waals surface area contributed by atoms with Crippen LogP contribution in [-0.2, 0) is 0 Å². The minimum atomic E-state index is -0.496. The summed E-state index contributed by atoms with van der Waals surface area (Å²) >= 11 is 0. The molecule has 0 saturated carbocycles. The van der Waals surface area contributed by atoms with E-state index in [1.165, 1.54) is 10.9 Å². The van der Waals surface area contributed by atoms with Gasteiger partial charge in [-0.1, -0.05) is 18.2 Å². The summed E-state index contributed by atoms with van der Waals surface area (Å²) in [6.45, 7) is 0. The summed E-state index contributed by atoms with van der Waals surface area (Å²) in [4.78, 5) is 20.1. The van der Waals surface area contributed by atoms with Gasteiger partial charge in [0, 0.05) is 24.2 Å². The van der Waals surface area contributed by atoms with Crippen molar-refractivity contribution in [3.05, 3.63) is 67.4 Å². The molecule has 98 valence electrons. The van der Waals surface area contributed by atoms with Gasteiger partial charge < -0.3 is 4.74 Å². The quantitative estimate of drug-likeness (QED) is 0.714. The molecule has 0 atom stereocenters. The Morgan fingerprint density at radius 2 is 1.80 bits per heavy atom. The second-order valence-electron chi connectivity index (χ2n) is 4.08. The fourth-order valence-corrected chi connectivity index (χ4v) is 1.74. The molecule has 0 unspecified atom stereocenters. The molecule has 5 nitrogen and oxygen atoms in total. The molecule has 0 fully saturated rings. The molecule has 0 radical (unpaired) electrons. The number of pyridine rings is 1. The smallest absolute Gasteiger partial charge is 0.410 e. The normalized spacial score (nSPS) is 10.2. The molecular weight excluding hydrogens is 254 g/mol. The Bertz CT molecular complexity index is 708. The zero-order valence-electron chi connectivity index (χ0n) is 10.5. The molecular formula is C15H11N3O2. The Balaban J connectivity index is 1.79. The Morgan fingerprint density at radius 1 is 1.05 bits per heavy atom. The van der Waals surface area contributed by atoms with Crippen molar-refractivity contribution < 1.29 is 9.53 Å². The van der Waals surface area contributed by atoms with Gasteiger partial charge in [0.25, 0.3) is 0 Å². The van der Waals surface area contributed by atoms with Crippen LogP contribution in [0.25, 0.3) is 11.3 Å². The van der Waals surface area contributed by atoms with Gasteiger partial charge in [0.2, 0.25) is 0 Å². The third kappa shape index (κ3) is 2.56. The van der Waals surface area contributed by atoms with Crippen LogP contribution < -0.4 is 4.74 Å². The predicted molar refractivity (Wildman–Crippen MR) is 73.3 cm³/mol. The highest BCUT2D eigenvalue weighted by atomic mass is 16.6. The summed E-state index contributed by atoms with van der Waals surface area (Å²) in [5.41, 5.74) is 1.59. The van der Waals surface area contributed by atoms with Crippen molar-refractivity contribution in [2.45, 2.75) is 0 Å². The lowest BCUT2D eigenvalue weighted by atomic mass is 10.2. The third-order valence-corrected chi connectivity index (χ3v) is 2.72. The van der Waals surface area contributed by atoms with E-state index in [4.69, 9.17) is 4.74 Å². The van der Waals surface area contributed by atoms with E-state index in [1.807, 2.05) is 18.2 Å². The number of hydrogen-bond acceptors (Lipinski definition) is 4. The second-order valence-corrected chi connectivity index (χ2v) is 4.08. The Kier molecular flexibility index (Phi) is 3.24. The van der Waals surface area contributed by atoms with Crippen LogP contribution in [0.4, 0.5) is 4.79 Å². The number of imidazole rings is 1. The first-order valence-electron chi connectivity index (χ1n) is 6.04. The Morgan fingerprint density at radius 3 is 2.55 bits per heavy atom. The predicted octanol–water partition coefficient (Wildman–Crippen LogP) is 2.99. The summed E-state index contributed by atoms with van der Waals surface area (Å²) in [6, 6.07) is 12.6. The van der Waals surface area contributed by atoms with Gasteiger partial charge in [-0.25, -0.2) is 14.3 Å². The maximum Gasteiger partial charge on any atom is 0.424 e. The number of rotatable bonds is 2. The van der Waals surface area contributed by atoms with Crippen molar-refractivity contribution >= 4 is 6.09 Å². The van der Waals surface area contributed by atoms with Crippen molar-refractivity contribution in [3.8, 4) is 17.0 Å². The Hall–Kier alpha value is -2.95. The zero-order chi connectivity index (χ0) is 13.8. The van der Waals surface area contributed by atoms with Crippen LogP contribution in [0.5, 0.6) is 5.75 Å². The SMILES string of the molecule is O=C(Oc1ccccc1)n1cnc(-c2ccncc2)c1. The van der Waals surface area contributed by atoms with Gasteiger partial charge >= 0.3 is 6.09 Å². The number of ether oxygens (including phenoxy) is 1. The molecule has 20 heavy (non-hydrogen) atoms. The van der Waals surface area contributed by atoms with Crippen molar-refractivity contribution in [3.63, 3.8) is 0 Å². The molecule has 0 saturated heterocycles. The summed E-state index contributed by atoms with van der Waals surface area (Å²) in [5, 5.41) is 0. The second kappa shape index (κ2) is 5.36. The lowest BCUT2D eigenvalue weighted by molar-refractivity contribution is 0.202. The van der Waals surface area contributed by atoms with Gasteiger partial charge in [-0.05, 0) is 24.3 Å². The third-order valence-electron chi connectivity index (χ3n) is 2.72. The van der Waals surface area contributed by atoms with Crippen LogP contribution in [0.2, 0.25) is 0 Å². The number of aromatic nitrogens is 3. The molecule has 0 spiro atoms. The minimum absolute atomic E-state index is 0.496. The summed E-state index contributed by atoms with van der Waals surface area (Å²) < 4.78 is 6.53. The fraction of sp³-hybridized carbons (Fsp3) is 0. The monoisotopic (exact) mass is 265 g/mol. The average molecular weight is 265 g/mol. The summed E-state index contributed by atoms with van der Waals surface area (Å²) in [5.74, 6) is 0.497. The van der Waals surface area contributed by atoms with Crippen LogP contribution in [-0.4, -0.2) is 20.6 Å². The van der Waals surface area contributed by atoms with Gasteiger partial charge in [0.15, 0.2) is 0 Å². The average Bonchev–Trinajstić information content (AvgIpc) is 2.99. The molecule has 2 aromatic heterocycles. The van der Waals surface area contributed by atoms with Crippen LogP contribution in [0, 0.1) is 0 Å². The highest BCUT2D eigenvalue weighted by Gasteiger charge is 2.09. The number of hydrogen-bond donors (Lipinski definition) is 0. The molecule has 0 bridgehead atoms. The van der Waals surface area contributed by atoms with Crippen LogP contribution >= 0.6 is 0 Å². The number of benzene rings is 1. The zero-order valence-corrected chi connectivity index (χ0v) is 10.5.